The zero-order chi connectivity index (χ0) is 13.0. The molecule has 5 heteroatoms. The summed E-state index contributed by atoms with van der Waals surface area (Å²) in [5, 5.41) is 11.5. The van der Waals surface area contributed by atoms with E-state index >= 15 is 0 Å². The molecule has 90 valence electrons. The number of pyridine rings is 1. The zero-order valence-electron chi connectivity index (χ0n) is 9.55. The van der Waals surface area contributed by atoms with Crippen LogP contribution in [0.4, 0.5) is 0 Å². The molecule has 0 aliphatic carbocycles. The first-order valence-corrected chi connectivity index (χ1v) is 6.35. The number of hydrogen-bond donors (Lipinski definition) is 0. The number of allylic oxidation sites excluding steroid dienone is 1. The minimum absolute atomic E-state index is 0.386. The minimum atomic E-state index is 0.386. The van der Waals surface area contributed by atoms with Gasteiger partial charge in [-0.2, -0.15) is 5.26 Å². The molecule has 0 aliphatic rings. The van der Waals surface area contributed by atoms with Crippen LogP contribution in [0.5, 0.6) is 5.75 Å². The molecule has 0 amide bonds. The van der Waals surface area contributed by atoms with E-state index in [1.54, 1.807) is 31.6 Å². The van der Waals surface area contributed by atoms with Crippen LogP contribution < -0.4 is 4.74 Å². The van der Waals surface area contributed by atoms with Crippen LogP contribution in [0.25, 0.3) is 10.6 Å². The summed E-state index contributed by atoms with van der Waals surface area (Å²) >= 11 is 7.73. The summed E-state index contributed by atoms with van der Waals surface area (Å²) in [5.41, 5.74) is 1.09. The van der Waals surface area contributed by atoms with E-state index in [1.165, 1.54) is 11.3 Å². The van der Waals surface area contributed by atoms with E-state index in [-0.39, 0.29) is 0 Å². The van der Waals surface area contributed by atoms with Gasteiger partial charge in [0.05, 0.1) is 22.6 Å². The maximum absolute atomic E-state index is 9.26. The smallest absolute Gasteiger partial charge is 0.138 e. The molecule has 0 atom stereocenters. The topological polar surface area (TPSA) is 45.9 Å². The van der Waals surface area contributed by atoms with E-state index in [0.29, 0.717) is 21.9 Å². The lowest BCUT2D eigenvalue weighted by Gasteiger charge is -2.04. The molecule has 0 fully saturated rings. The fourth-order valence-corrected chi connectivity index (χ4v) is 2.66. The van der Waals surface area contributed by atoms with Gasteiger partial charge in [0.2, 0.25) is 0 Å². The SMILES string of the molecule is COc1ccsc1/C(Cl)=C(/C#N)c1cccnc1. The molecule has 18 heavy (non-hydrogen) atoms. The Hall–Kier alpha value is -1.83. The summed E-state index contributed by atoms with van der Waals surface area (Å²) in [4.78, 5) is 4.74. The molecule has 2 aromatic heterocycles. The van der Waals surface area contributed by atoms with Gasteiger partial charge in [0.1, 0.15) is 11.8 Å². The number of aromatic nitrogens is 1. The van der Waals surface area contributed by atoms with Crippen molar-refractivity contribution >= 4 is 33.5 Å². The number of ether oxygens (including phenoxy) is 1. The molecule has 0 radical (unpaired) electrons. The fraction of sp³-hybridized carbons (Fsp3) is 0.0769. The highest BCUT2D eigenvalue weighted by Gasteiger charge is 2.14. The molecule has 2 heterocycles. The van der Waals surface area contributed by atoms with E-state index in [9.17, 15) is 5.26 Å². The number of rotatable bonds is 3. The van der Waals surface area contributed by atoms with Crippen LogP contribution in [0, 0.1) is 11.3 Å². The summed E-state index contributed by atoms with van der Waals surface area (Å²) in [7, 11) is 1.58. The maximum Gasteiger partial charge on any atom is 0.138 e. The van der Waals surface area contributed by atoms with Crippen LogP contribution in [-0.4, -0.2) is 12.1 Å². The standard InChI is InChI=1S/C13H9ClN2OS/c1-17-11-4-6-18-13(11)12(14)10(7-15)9-3-2-5-16-8-9/h2-6,8H,1H3/b12-10+. The molecule has 2 rings (SSSR count). The number of nitrogens with zero attached hydrogens (tertiary/aromatic N) is 2. The largest absolute Gasteiger partial charge is 0.495 e. The van der Waals surface area contributed by atoms with Gasteiger partial charge < -0.3 is 4.74 Å². The predicted octanol–water partition coefficient (Wildman–Crippen LogP) is 3.78. The lowest BCUT2D eigenvalue weighted by atomic mass is 10.1. The third kappa shape index (κ3) is 2.37. The van der Waals surface area contributed by atoms with Crippen molar-refractivity contribution in [3.63, 3.8) is 0 Å². The molecule has 0 bridgehead atoms. The van der Waals surface area contributed by atoms with Crippen LogP contribution in [0.3, 0.4) is 0 Å². The van der Waals surface area contributed by atoms with E-state index in [1.807, 2.05) is 11.4 Å². The van der Waals surface area contributed by atoms with Crippen molar-refractivity contribution in [2.24, 2.45) is 0 Å². The minimum Gasteiger partial charge on any atom is -0.495 e. The average molecular weight is 277 g/mol. The first-order valence-electron chi connectivity index (χ1n) is 5.10. The van der Waals surface area contributed by atoms with Crippen molar-refractivity contribution in [3.8, 4) is 11.8 Å². The normalized spacial score (nSPS) is 11.6. The fourth-order valence-electron chi connectivity index (χ4n) is 1.48. The second-order valence-electron chi connectivity index (χ2n) is 3.36. The molecule has 0 aliphatic heterocycles. The molecule has 0 unspecified atom stereocenters. The van der Waals surface area contributed by atoms with Crippen molar-refractivity contribution in [3.05, 3.63) is 46.4 Å². The van der Waals surface area contributed by atoms with Gasteiger partial charge in [-0.15, -0.1) is 11.3 Å². The Balaban J connectivity index is 2.55. The number of methoxy groups -OCH3 is 1. The lowest BCUT2D eigenvalue weighted by Crippen LogP contribution is -1.88. The molecule has 0 saturated carbocycles. The molecule has 0 aromatic carbocycles. The number of thiophene rings is 1. The highest BCUT2D eigenvalue weighted by Crippen LogP contribution is 2.38. The second-order valence-corrected chi connectivity index (χ2v) is 4.65. The summed E-state index contributed by atoms with van der Waals surface area (Å²) in [6.07, 6.45) is 3.26. The zero-order valence-corrected chi connectivity index (χ0v) is 11.1. The Morgan fingerprint density at radius 1 is 1.50 bits per heavy atom. The third-order valence-electron chi connectivity index (χ3n) is 2.33. The Morgan fingerprint density at radius 2 is 2.33 bits per heavy atom. The number of nitriles is 1. The highest BCUT2D eigenvalue weighted by atomic mass is 35.5. The third-order valence-corrected chi connectivity index (χ3v) is 3.73. The Bertz CT molecular complexity index is 613. The second kappa shape index (κ2) is 5.67. The van der Waals surface area contributed by atoms with E-state index in [4.69, 9.17) is 16.3 Å². The van der Waals surface area contributed by atoms with Crippen molar-refractivity contribution in [2.45, 2.75) is 0 Å². The molecular weight excluding hydrogens is 268 g/mol. The van der Waals surface area contributed by atoms with Crippen molar-refractivity contribution < 1.29 is 4.74 Å². The van der Waals surface area contributed by atoms with Crippen LogP contribution in [-0.2, 0) is 0 Å². The van der Waals surface area contributed by atoms with E-state index in [2.05, 4.69) is 11.1 Å². The molecule has 2 aromatic rings. The van der Waals surface area contributed by atoms with Crippen LogP contribution in [0.1, 0.15) is 10.4 Å². The van der Waals surface area contributed by atoms with Gasteiger partial charge in [-0.05, 0) is 17.5 Å². The van der Waals surface area contributed by atoms with Gasteiger partial charge in [0, 0.05) is 18.0 Å². The monoisotopic (exact) mass is 276 g/mol. The summed E-state index contributed by atoms with van der Waals surface area (Å²) in [5.74, 6) is 0.668. The van der Waals surface area contributed by atoms with Crippen molar-refractivity contribution in [1.82, 2.24) is 4.98 Å². The van der Waals surface area contributed by atoms with Crippen LogP contribution in [0.15, 0.2) is 36.0 Å². The van der Waals surface area contributed by atoms with E-state index < -0.39 is 0 Å². The first-order chi connectivity index (χ1) is 8.77. The lowest BCUT2D eigenvalue weighted by molar-refractivity contribution is 0.416. The molecule has 0 saturated heterocycles. The Kier molecular flexibility index (Phi) is 3.98. The van der Waals surface area contributed by atoms with Gasteiger partial charge in [-0.1, -0.05) is 17.7 Å². The Morgan fingerprint density at radius 3 is 2.94 bits per heavy atom. The first kappa shape index (κ1) is 12.6. The molecule has 0 spiro atoms. The maximum atomic E-state index is 9.26. The van der Waals surface area contributed by atoms with Gasteiger partial charge >= 0.3 is 0 Å². The molecule has 0 N–H and O–H groups in total. The molecule has 3 nitrogen and oxygen atoms in total. The molecular formula is C13H9ClN2OS. The van der Waals surface area contributed by atoms with Gasteiger partial charge in [-0.3, -0.25) is 4.98 Å². The quantitative estimate of drug-likeness (QED) is 0.802. The van der Waals surface area contributed by atoms with Gasteiger partial charge in [0.25, 0.3) is 0 Å². The highest BCUT2D eigenvalue weighted by molar-refractivity contribution is 7.12. The predicted molar refractivity (Wildman–Crippen MR) is 73.4 cm³/mol. The van der Waals surface area contributed by atoms with E-state index in [0.717, 1.165) is 4.88 Å². The average Bonchev–Trinajstić information content (AvgIpc) is 2.89. The summed E-state index contributed by atoms with van der Waals surface area (Å²) in [6.45, 7) is 0. The number of halogens is 1. The Labute approximate surface area is 114 Å². The summed E-state index contributed by atoms with van der Waals surface area (Å²) in [6, 6.07) is 7.50. The van der Waals surface area contributed by atoms with Crippen LogP contribution >= 0.6 is 22.9 Å². The van der Waals surface area contributed by atoms with Crippen LogP contribution in [0.2, 0.25) is 0 Å². The number of hydrogen-bond acceptors (Lipinski definition) is 4. The van der Waals surface area contributed by atoms with Crippen molar-refractivity contribution in [1.29, 1.82) is 5.26 Å². The van der Waals surface area contributed by atoms with Gasteiger partial charge in [0.15, 0.2) is 0 Å². The summed E-state index contributed by atoms with van der Waals surface area (Å²) < 4.78 is 5.20. The van der Waals surface area contributed by atoms with Crippen molar-refractivity contribution in [2.75, 3.05) is 7.11 Å². The van der Waals surface area contributed by atoms with Gasteiger partial charge in [-0.25, -0.2) is 0 Å².